The monoisotopic (exact) mass is 330 g/mol. The Bertz CT molecular complexity index is 750. The Morgan fingerprint density at radius 2 is 2.24 bits per heavy atom. The van der Waals surface area contributed by atoms with Gasteiger partial charge in [0, 0.05) is 26.1 Å². The first-order valence-corrected chi connectivity index (χ1v) is 8.64. The molecule has 10 heteroatoms. The minimum Gasteiger partial charge on any atom is -0.396 e. The van der Waals surface area contributed by atoms with E-state index in [2.05, 4.69) is 20.0 Å². The SMILES string of the molecule is CC(=O)c1sc(NCCc2ncon2)c(S(C)(=O)=O)c1N. The van der Waals surface area contributed by atoms with Crippen LogP contribution in [0.1, 0.15) is 22.4 Å². The number of nitrogen functional groups attached to an aromatic ring is 1. The van der Waals surface area contributed by atoms with E-state index in [9.17, 15) is 13.2 Å². The van der Waals surface area contributed by atoms with Gasteiger partial charge < -0.3 is 15.6 Å². The van der Waals surface area contributed by atoms with Gasteiger partial charge in [0.15, 0.2) is 21.4 Å². The Morgan fingerprint density at radius 3 is 2.76 bits per heavy atom. The molecule has 0 fully saturated rings. The van der Waals surface area contributed by atoms with Crippen molar-refractivity contribution in [3.63, 3.8) is 0 Å². The molecule has 0 amide bonds. The molecular formula is C11H14N4O4S2. The molecule has 2 heterocycles. The van der Waals surface area contributed by atoms with Gasteiger partial charge in [-0.1, -0.05) is 5.16 Å². The summed E-state index contributed by atoms with van der Waals surface area (Å²) in [6, 6.07) is 0. The Balaban J connectivity index is 2.25. The van der Waals surface area contributed by atoms with Crippen molar-refractivity contribution in [3.05, 3.63) is 17.1 Å². The van der Waals surface area contributed by atoms with Crippen LogP contribution in [0.15, 0.2) is 15.8 Å². The minimum atomic E-state index is -3.54. The standard InChI is InChI=1S/C11H14N4O4S2/c1-6(16)9-8(12)10(21(2,17)18)11(20-9)13-4-3-7-14-5-19-15-7/h5,13H,3-4,12H2,1-2H3. The third-order valence-corrected chi connectivity index (χ3v) is 5.19. The summed E-state index contributed by atoms with van der Waals surface area (Å²) in [4.78, 5) is 15.6. The number of Topliss-reactive ketones (excluding diaryl/α,β-unsaturated/α-hetero) is 1. The normalized spacial score (nSPS) is 11.5. The molecule has 0 radical (unpaired) electrons. The number of anilines is 2. The lowest BCUT2D eigenvalue weighted by molar-refractivity contribution is 0.102. The second-order valence-electron chi connectivity index (χ2n) is 4.36. The van der Waals surface area contributed by atoms with Crippen LogP contribution in [-0.4, -0.2) is 37.1 Å². The number of hydrogen-bond acceptors (Lipinski definition) is 9. The van der Waals surface area contributed by atoms with E-state index in [0.29, 0.717) is 23.8 Å². The average molecular weight is 330 g/mol. The van der Waals surface area contributed by atoms with Gasteiger partial charge in [-0.15, -0.1) is 11.3 Å². The van der Waals surface area contributed by atoms with Gasteiger partial charge >= 0.3 is 0 Å². The van der Waals surface area contributed by atoms with Crippen molar-refractivity contribution in [1.82, 2.24) is 10.1 Å². The molecule has 0 atom stereocenters. The first-order valence-electron chi connectivity index (χ1n) is 5.93. The highest BCUT2D eigenvalue weighted by molar-refractivity contribution is 7.91. The summed E-state index contributed by atoms with van der Waals surface area (Å²) in [7, 11) is -3.54. The summed E-state index contributed by atoms with van der Waals surface area (Å²) in [6.45, 7) is 1.73. The molecule has 114 valence electrons. The number of aromatic nitrogens is 2. The van der Waals surface area contributed by atoms with Crippen molar-refractivity contribution in [2.24, 2.45) is 0 Å². The van der Waals surface area contributed by atoms with Gasteiger partial charge in [0.25, 0.3) is 0 Å². The van der Waals surface area contributed by atoms with Gasteiger partial charge in [0.2, 0.25) is 6.39 Å². The molecular weight excluding hydrogens is 316 g/mol. The van der Waals surface area contributed by atoms with Crippen molar-refractivity contribution in [3.8, 4) is 0 Å². The van der Waals surface area contributed by atoms with Crippen LogP contribution in [0.3, 0.4) is 0 Å². The maximum Gasteiger partial charge on any atom is 0.213 e. The first kappa shape index (κ1) is 15.4. The first-order chi connectivity index (χ1) is 9.80. The quantitative estimate of drug-likeness (QED) is 0.750. The van der Waals surface area contributed by atoms with Crippen LogP contribution in [0.4, 0.5) is 10.7 Å². The zero-order valence-electron chi connectivity index (χ0n) is 11.4. The minimum absolute atomic E-state index is 0.00272. The van der Waals surface area contributed by atoms with Gasteiger partial charge in [-0.05, 0) is 0 Å². The van der Waals surface area contributed by atoms with E-state index in [0.717, 1.165) is 17.6 Å². The lowest BCUT2D eigenvalue weighted by atomic mass is 10.3. The number of thiophene rings is 1. The lowest BCUT2D eigenvalue weighted by Gasteiger charge is -2.05. The molecule has 0 saturated carbocycles. The fraction of sp³-hybridized carbons (Fsp3) is 0.364. The highest BCUT2D eigenvalue weighted by Crippen LogP contribution is 2.39. The topological polar surface area (TPSA) is 128 Å². The van der Waals surface area contributed by atoms with Gasteiger partial charge in [0.05, 0.1) is 10.6 Å². The molecule has 2 aromatic rings. The number of nitrogens with zero attached hydrogens (tertiary/aromatic N) is 2. The summed E-state index contributed by atoms with van der Waals surface area (Å²) in [5, 5.41) is 6.96. The largest absolute Gasteiger partial charge is 0.396 e. The van der Waals surface area contributed by atoms with Crippen molar-refractivity contribution in [1.29, 1.82) is 0 Å². The van der Waals surface area contributed by atoms with Crippen LogP contribution >= 0.6 is 11.3 Å². The molecule has 0 aromatic carbocycles. The summed E-state index contributed by atoms with van der Waals surface area (Å²) < 4.78 is 28.3. The zero-order valence-corrected chi connectivity index (χ0v) is 13.0. The highest BCUT2D eigenvalue weighted by atomic mass is 32.2. The molecule has 2 aromatic heterocycles. The van der Waals surface area contributed by atoms with Gasteiger partial charge in [-0.25, -0.2) is 8.42 Å². The molecule has 0 saturated heterocycles. The van der Waals surface area contributed by atoms with Crippen molar-refractivity contribution < 1.29 is 17.7 Å². The van der Waals surface area contributed by atoms with Crippen LogP contribution in [0.5, 0.6) is 0 Å². The number of carbonyl (C=O) groups is 1. The molecule has 0 aliphatic heterocycles. The summed E-state index contributed by atoms with van der Waals surface area (Å²) in [5.41, 5.74) is 5.79. The van der Waals surface area contributed by atoms with Gasteiger partial charge in [-0.3, -0.25) is 4.79 Å². The van der Waals surface area contributed by atoms with Crippen LogP contribution in [-0.2, 0) is 16.3 Å². The predicted octanol–water partition coefficient (Wildman–Crippen LogP) is 0.974. The smallest absolute Gasteiger partial charge is 0.213 e. The van der Waals surface area contributed by atoms with Crippen LogP contribution in [0.2, 0.25) is 0 Å². The maximum absolute atomic E-state index is 11.8. The molecule has 0 unspecified atom stereocenters. The van der Waals surface area contributed by atoms with E-state index >= 15 is 0 Å². The Hall–Kier alpha value is -1.94. The second-order valence-corrected chi connectivity index (χ2v) is 7.33. The van der Waals surface area contributed by atoms with E-state index in [1.165, 1.54) is 13.3 Å². The van der Waals surface area contributed by atoms with E-state index in [-0.39, 0.29) is 21.2 Å². The van der Waals surface area contributed by atoms with Crippen molar-refractivity contribution in [2.75, 3.05) is 23.9 Å². The zero-order chi connectivity index (χ0) is 15.6. The third kappa shape index (κ3) is 3.39. The van der Waals surface area contributed by atoms with Gasteiger partial charge in [0.1, 0.15) is 9.90 Å². The molecule has 8 nitrogen and oxygen atoms in total. The van der Waals surface area contributed by atoms with E-state index < -0.39 is 9.84 Å². The number of ketones is 1. The van der Waals surface area contributed by atoms with E-state index in [1.807, 2.05) is 0 Å². The van der Waals surface area contributed by atoms with Crippen LogP contribution in [0.25, 0.3) is 0 Å². The number of nitrogens with two attached hydrogens (primary N) is 1. The average Bonchev–Trinajstić information content (AvgIpc) is 2.96. The third-order valence-electron chi connectivity index (χ3n) is 2.63. The van der Waals surface area contributed by atoms with Crippen LogP contribution in [0, 0.1) is 0 Å². The number of nitrogens with one attached hydrogen (secondary N) is 1. The van der Waals surface area contributed by atoms with E-state index in [4.69, 9.17) is 5.73 Å². The Morgan fingerprint density at radius 1 is 1.52 bits per heavy atom. The van der Waals surface area contributed by atoms with E-state index in [1.54, 1.807) is 0 Å². The highest BCUT2D eigenvalue weighted by Gasteiger charge is 2.25. The van der Waals surface area contributed by atoms with Crippen molar-refractivity contribution >= 4 is 37.6 Å². The lowest BCUT2D eigenvalue weighted by Crippen LogP contribution is -2.09. The molecule has 0 aliphatic carbocycles. The number of carbonyl (C=O) groups excluding carboxylic acids is 1. The maximum atomic E-state index is 11.8. The second kappa shape index (κ2) is 5.82. The van der Waals surface area contributed by atoms with Gasteiger partial charge in [-0.2, -0.15) is 4.98 Å². The fourth-order valence-corrected chi connectivity index (χ4v) is 4.26. The summed E-state index contributed by atoms with van der Waals surface area (Å²) in [6.07, 6.45) is 2.72. The summed E-state index contributed by atoms with van der Waals surface area (Å²) >= 11 is 1.03. The number of sulfone groups is 1. The predicted molar refractivity (Wildman–Crippen MR) is 78.3 cm³/mol. The molecule has 0 bridgehead atoms. The Kier molecular flexibility index (Phi) is 4.28. The molecule has 21 heavy (non-hydrogen) atoms. The van der Waals surface area contributed by atoms with Crippen LogP contribution < -0.4 is 11.1 Å². The Labute approximate surface area is 125 Å². The summed E-state index contributed by atoms with van der Waals surface area (Å²) in [5.74, 6) is 0.230. The fourth-order valence-electron chi connectivity index (χ4n) is 1.77. The molecule has 3 N–H and O–H groups in total. The molecule has 2 rings (SSSR count). The number of hydrogen-bond donors (Lipinski definition) is 2. The molecule has 0 spiro atoms. The van der Waals surface area contributed by atoms with Crippen molar-refractivity contribution in [2.45, 2.75) is 18.2 Å². The molecule has 0 aliphatic rings. The number of rotatable bonds is 6.